The SMILES string of the molecule is CC(C)(C#N)C(=O)NCc1cc(Br)cc2c1OCC2. The van der Waals surface area contributed by atoms with Crippen LogP contribution in [0.25, 0.3) is 0 Å². The van der Waals surface area contributed by atoms with E-state index in [1.165, 1.54) is 0 Å². The number of hydrogen-bond donors (Lipinski definition) is 1. The summed E-state index contributed by atoms with van der Waals surface area (Å²) in [6, 6.07) is 5.96. The number of carbonyl (C=O) groups is 1. The molecule has 1 heterocycles. The first kappa shape index (κ1) is 13.9. The molecule has 0 aromatic heterocycles. The minimum absolute atomic E-state index is 0.276. The van der Waals surface area contributed by atoms with Gasteiger partial charge in [0.1, 0.15) is 11.2 Å². The Morgan fingerprint density at radius 1 is 1.58 bits per heavy atom. The van der Waals surface area contributed by atoms with Crippen molar-refractivity contribution in [3.63, 3.8) is 0 Å². The highest BCUT2D eigenvalue weighted by Crippen LogP contribution is 2.33. The van der Waals surface area contributed by atoms with Gasteiger partial charge in [-0.2, -0.15) is 5.26 Å². The van der Waals surface area contributed by atoms with Crippen LogP contribution >= 0.6 is 15.9 Å². The van der Waals surface area contributed by atoms with Gasteiger partial charge >= 0.3 is 0 Å². The van der Waals surface area contributed by atoms with E-state index in [2.05, 4.69) is 21.2 Å². The summed E-state index contributed by atoms with van der Waals surface area (Å²) < 4.78 is 6.56. The Kier molecular flexibility index (Phi) is 3.81. The molecular weight excluding hydrogens is 308 g/mol. The first-order chi connectivity index (χ1) is 8.94. The summed E-state index contributed by atoms with van der Waals surface area (Å²) in [6.07, 6.45) is 0.888. The van der Waals surface area contributed by atoms with Crippen LogP contribution < -0.4 is 10.1 Å². The van der Waals surface area contributed by atoms with E-state index >= 15 is 0 Å². The lowest BCUT2D eigenvalue weighted by Crippen LogP contribution is -2.35. The molecule has 100 valence electrons. The summed E-state index contributed by atoms with van der Waals surface area (Å²) in [6.45, 7) is 4.25. The molecule has 4 nitrogen and oxygen atoms in total. The van der Waals surface area contributed by atoms with Crippen LogP contribution in [0.15, 0.2) is 16.6 Å². The maximum Gasteiger partial charge on any atom is 0.240 e. The number of halogens is 1. The number of ether oxygens (including phenoxy) is 1. The second-order valence-corrected chi connectivity index (χ2v) is 5.99. The van der Waals surface area contributed by atoms with Gasteiger partial charge in [-0.3, -0.25) is 4.79 Å². The Morgan fingerprint density at radius 2 is 2.32 bits per heavy atom. The number of nitriles is 1. The Bertz CT molecular complexity index is 561. The van der Waals surface area contributed by atoms with Gasteiger partial charge in [0.2, 0.25) is 5.91 Å². The molecule has 1 aliphatic rings. The van der Waals surface area contributed by atoms with Crippen LogP contribution in [-0.2, 0) is 17.8 Å². The monoisotopic (exact) mass is 322 g/mol. The van der Waals surface area contributed by atoms with E-state index in [1.54, 1.807) is 13.8 Å². The Morgan fingerprint density at radius 3 is 3.00 bits per heavy atom. The molecule has 1 aromatic carbocycles. The van der Waals surface area contributed by atoms with Gasteiger partial charge in [0.25, 0.3) is 0 Å². The van der Waals surface area contributed by atoms with Crippen molar-refractivity contribution in [3.05, 3.63) is 27.7 Å². The van der Waals surface area contributed by atoms with Crippen molar-refractivity contribution in [1.82, 2.24) is 5.32 Å². The lowest BCUT2D eigenvalue weighted by molar-refractivity contribution is -0.126. The van der Waals surface area contributed by atoms with Gasteiger partial charge in [-0.05, 0) is 31.5 Å². The smallest absolute Gasteiger partial charge is 0.240 e. The maximum absolute atomic E-state index is 11.9. The van der Waals surface area contributed by atoms with E-state index < -0.39 is 5.41 Å². The number of amides is 1. The molecule has 0 radical (unpaired) electrons. The number of carbonyl (C=O) groups excluding carboxylic acids is 1. The molecule has 1 aromatic rings. The van der Waals surface area contributed by atoms with Crippen LogP contribution in [0.4, 0.5) is 0 Å². The van der Waals surface area contributed by atoms with Crippen LogP contribution in [-0.4, -0.2) is 12.5 Å². The fourth-order valence-electron chi connectivity index (χ4n) is 1.92. The lowest BCUT2D eigenvalue weighted by Gasteiger charge is -2.16. The summed E-state index contributed by atoms with van der Waals surface area (Å²) in [5, 5.41) is 11.7. The highest BCUT2D eigenvalue weighted by molar-refractivity contribution is 9.10. The van der Waals surface area contributed by atoms with Crippen LogP contribution in [0.3, 0.4) is 0 Å². The molecule has 0 atom stereocenters. The van der Waals surface area contributed by atoms with Crippen LogP contribution in [0.1, 0.15) is 25.0 Å². The second-order valence-electron chi connectivity index (χ2n) is 5.07. The number of nitrogens with zero attached hydrogens (tertiary/aromatic N) is 1. The standard InChI is InChI=1S/C14H15BrN2O2/c1-14(2,8-16)13(18)17-7-10-6-11(15)5-9-3-4-19-12(9)10/h5-6H,3-4,7H2,1-2H3,(H,17,18). The zero-order valence-electron chi connectivity index (χ0n) is 10.9. The summed E-state index contributed by atoms with van der Waals surface area (Å²) in [5.41, 5.74) is 1.07. The number of nitrogens with one attached hydrogen (secondary N) is 1. The Hall–Kier alpha value is -1.54. The van der Waals surface area contributed by atoms with Crippen LogP contribution in [0, 0.1) is 16.7 Å². The fraction of sp³-hybridized carbons (Fsp3) is 0.429. The number of hydrogen-bond acceptors (Lipinski definition) is 3. The van der Waals surface area contributed by atoms with E-state index in [1.807, 2.05) is 18.2 Å². The third-order valence-corrected chi connectivity index (χ3v) is 3.57. The number of rotatable bonds is 3. The predicted molar refractivity (Wildman–Crippen MR) is 74.6 cm³/mol. The van der Waals surface area contributed by atoms with Gasteiger partial charge in [0.15, 0.2) is 0 Å². The van der Waals surface area contributed by atoms with E-state index in [-0.39, 0.29) is 5.91 Å². The molecule has 0 fully saturated rings. The highest BCUT2D eigenvalue weighted by atomic mass is 79.9. The molecule has 1 aliphatic heterocycles. The van der Waals surface area contributed by atoms with Gasteiger partial charge in [-0.25, -0.2) is 0 Å². The molecule has 0 unspecified atom stereocenters. The van der Waals surface area contributed by atoms with Crippen molar-refractivity contribution in [3.8, 4) is 11.8 Å². The molecule has 0 saturated heterocycles. The van der Waals surface area contributed by atoms with Crippen molar-refractivity contribution < 1.29 is 9.53 Å². The molecule has 1 amide bonds. The van der Waals surface area contributed by atoms with Crippen molar-refractivity contribution in [1.29, 1.82) is 5.26 Å². The normalized spacial score (nSPS) is 13.4. The minimum atomic E-state index is -1.02. The Labute approximate surface area is 120 Å². The molecule has 0 aliphatic carbocycles. The average Bonchev–Trinajstić information content (AvgIpc) is 2.83. The summed E-state index contributed by atoms with van der Waals surface area (Å²) in [7, 11) is 0. The van der Waals surface area contributed by atoms with Crippen molar-refractivity contribution in [2.45, 2.75) is 26.8 Å². The second kappa shape index (κ2) is 5.22. The number of benzene rings is 1. The summed E-state index contributed by atoms with van der Waals surface area (Å²) in [4.78, 5) is 11.9. The summed E-state index contributed by atoms with van der Waals surface area (Å²) in [5.74, 6) is 0.583. The van der Waals surface area contributed by atoms with Crippen molar-refractivity contribution in [2.24, 2.45) is 5.41 Å². The molecule has 2 rings (SSSR count). The van der Waals surface area contributed by atoms with E-state index in [0.29, 0.717) is 13.2 Å². The van der Waals surface area contributed by atoms with Crippen LogP contribution in [0.2, 0.25) is 0 Å². The molecule has 0 spiro atoms. The molecule has 5 heteroatoms. The van der Waals surface area contributed by atoms with Crippen molar-refractivity contribution in [2.75, 3.05) is 6.61 Å². The topological polar surface area (TPSA) is 62.1 Å². The van der Waals surface area contributed by atoms with Crippen molar-refractivity contribution >= 4 is 21.8 Å². The number of fused-ring (bicyclic) bond motifs is 1. The fourth-order valence-corrected chi connectivity index (χ4v) is 2.48. The first-order valence-electron chi connectivity index (χ1n) is 6.07. The van der Waals surface area contributed by atoms with Gasteiger partial charge in [-0.1, -0.05) is 15.9 Å². The van der Waals surface area contributed by atoms with Gasteiger partial charge in [0, 0.05) is 23.0 Å². The zero-order valence-corrected chi connectivity index (χ0v) is 12.5. The van der Waals surface area contributed by atoms with Gasteiger partial charge < -0.3 is 10.1 Å². The third-order valence-electron chi connectivity index (χ3n) is 3.11. The zero-order chi connectivity index (χ0) is 14.0. The maximum atomic E-state index is 11.9. The quantitative estimate of drug-likeness (QED) is 0.930. The third kappa shape index (κ3) is 2.90. The lowest BCUT2D eigenvalue weighted by atomic mass is 9.94. The van der Waals surface area contributed by atoms with Gasteiger partial charge in [-0.15, -0.1) is 0 Å². The molecule has 0 bridgehead atoms. The highest BCUT2D eigenvalue weighted by Gasteiger charge is 2.27. The average molecular weight is 323 g/mol. The minimum Gasteiger partial charge on any atom is -0.493 e. The van der Waals surface area contributed by atoms with Gasteiger partial charge in [0.05, 0.1) is 12.7 Å². The largest absolute Gasteiger partial charge is 0.493 e. The summed E-state index contributed by atoms with van der Waals surface area (Å²) >= 11 is 3.46. The molecule has 19 heavy (non-hydrogen) atoms. The van der Waals surface area contributed by atoms with E-state index in [9.17, 15) is 4.79 Å². The van der Waals surface area contributed by atoms with Crippen LogP contribution in [0.5, 0.6) is 5.75 Å². The molecule has 0 saturated carbocycles. The molecular formula is C14H15BrN2O2. The molecule has 1 N–H and O–H groups in total. The van der Waals surface area contributed by atoms with E-state index in [4.69, 9.17) is 10.00 Å². The first-order valence-corrected chi connectivity index (χ1v) is 6.87. The Balaban J connectivity index is 2.13. The predicted octanol–water partition coefficient (Wildman–Crippen LogP) is 2.55. The van der Waals surface area contributed by atoms with E-state index in [0.717, 1.165) is 27.8 Å².